The molecule has 5 heteroatoms. The lowest BCUT2D eigenvalue weighted by atomic mass is 10.2. The molecule has 0 amide bonds. The molecular formula is C13H20NO3P. The maximum atomic E-state index is 12.4. The van der Waals surface area contributed by atoms with Crippen molar-refractivity contribution in [3.05, 3.63) is 35.9 Å². The largest absolute Gasteiger partial charge is 0.354 e. The maximum absolute atomic E-state index is 12.4. The molecule has 0 bridgehead atoms. The Labute approximate surface area is 109 Å². The normalized spacial score (nSPS) is 13.9. The number of aliphatic imine (C=N–C) groups is 1. The number of hydrogen-bond donors (Lipinski definition) is 0. The van der Waals surface area contributed by atoms with Crippen molar-refractivity contribution in [3.63, 3.8) is 0 Å². The molecular weight excluding hydrogens is 249 g/mol. The maximum Gasteiger partial charge on any atom is 0.354 e. The molecule has 0 fully saturated rings. The van der Waals surface area contributed by atoms with Gasteiger partial charge < -0.3 is 9.05 Å². The standard InChI is InChI=1S/C13H20NO3P/c1-4-16-18(15,17-5-2)12(3)14-11-13-9-7-6-8-10-13/h6-12H,4-5H2,1-3H3/t12-/m1/s1. The Balaban J connectivity index is 2.76. The van der Waals surface area contributed by atoms with Crippen LogP contribution in [0.1, 0.15) is 26.3 Å². The van der Waals surface area contributed by atoms with Crippen LogP contribution in [0, 0.1) is 0 Å². The first-order valence-electron chi connectivity index (χ1n) is 6.09. The Morgan fingerprint density at radius 2 is 1.78 bits per heavy atom. The van der Waals surface area contributed by atoms with Gasteiger partial charge in [0.1, 0.15) is 5.78 Å². The molecule has 0 radical (unpaired) electrons. The minimum Gasteiger partial charge on any atom is -0.307 e. The second-order valence-electron chi connectivity index (χ2n) is 3.70. The van der Waals surface area contributed by atoms with Gasteiger partial charge in [-0.05, 0) is 26.3 Å². The average molecular weight is 269 g/mol. The molecule has 0 heterocycles. The molecule has 0 aliphatic carbocycles. The van der Waals surface area contributed by atoms with Gasteiger partial charge in [-0.3, -0.25) is 9.56 Å². The van der Waals surface area contributed by atoms with Crippen LogP contribution in [0.4, 0.5) is 0 Å². The van der Waals surface area contributed by atoms with Crippen molar-refractivity contribution in [2.45, 2.75) is 26.6 Å². The van der Waals surface area contributed by atoms with Crippen molar-refractivity contribution >= 4 is 13.8 Å². The average Bonchev–Trinajstić information content (AvgIpc) is 2.37. The predicted molar refractivity (Wildman–Crippen MR) is 74.4 cm³/mol. The van der Waals surface area contributed by atoms with E-state index in [1.807, 2.05) is 30.3 Å². The van der Waals surface area contributed by atoms with E-state index in [9.17, 15) is 4.57 Å². The highest BCUT2D eigenvalue weighted by Gasteiger charge is 2.31. The topological polar surface area (TPSA) is 47.9 Å². The molecule has 0 spiro atoms. The number of rotatable bonds is 7. The zero-order chi connectivity index (χ0) is 13.4. The first-order valence-corrected chi connectivity index (χ1v) is 7.70. The molecule has 100 valence electrons. The summed E-state index contributed by atoms with van der Waals surface area (Å²) in [4.78, 5) is 4.27. The van der Waals surface area contributed by atoms with Crippen LogP contribution >= 0.6 is 7.60 Å². The Morgan fingerprint density at radius 3 is 2.28 bits per heavy atom. The third-order valence-corrected chi connectivity index (χ3v) is 4.60. The molecule has 1 aromatic carbocycles. The predicted octanol–water partition coefficient (Wildman–Crippen LogP) is 3.72. The number of hydrogen-bond acceptors (Lipinski definition) is 4. The van der Waals surface area contributed by atoms with E-state index in [1.165, 1.54) is 0 Å². The molecule has 0 saturated heterocycles. The minimum atomic E-state index is -3.15. The number of nitrogens with zero attached hydrogens (tertiary/aromatic N) is 1. The summed E-state index contributed by atoms with van der Waals surface area (Å²) in [5.74, 6) is -0.502. The van der Waals surface area contributed by atoms with Gasteiger partial charge in [0.05, 0.1) is 13.2 Å². The first-order chi connectivity index (χ1) is 8.62. The highest BCUT2D eigenvalue weighted by atomic mass is 31.2. The van der Waals surface area contributed by atoms with Gasteiger partial charge in [-0.25, -0.2) is 0 Å². The minimum absolute atomic E-state index is 0.350. The van der Waals surface area contributed by atoms with E-state index in [4.69, 9.17) is 9.05 Å². The van der Waals surface area contributed by atoms with Crippen LogP contribution in [0.2, 0.25) is 0 Å². The third kappa shape index (κ3) is 4.37. The SMILES string of the molecule is CCOP(=O)(OCC)[C@H](C)N=Cc1ccccc1. The van der Waals surface area contributed by atoms with Crippen LogP contribution in [-0.4, -0.2) is 25.2 Å². The van der Waals surface area contributed by atoms with Crippen molar-refractivity contribution in [3.8, 4) is 0 Å². The molecule has 0 aliphatic heterocycles. The summed E-state index contributed by atoms with van der Waals surface area (Å²) in [6.45, 7) is 6.02. The lowest BCUT2D eigenvalue weighted by molar-refractivity contribution is 0.214. The molecule has 18 heavy (non-hydrogen) atoms. The molecule has 0 aromatic heterocycles. The van der Waals surface area contributed by atoms with E-state index in [-0.39, 0.29) is 0 Å². The van der Waals surface area contributed by atoms with Gasteiger partial charge in [0.15, 0.2) is 0 Å². The zero-order valence-corrected chi connectivity index (χ0v) is 12.0. The summed E-state index contributed by atoms with van der Waals surface area (Å²) >= 11 is 0. The molecule has 0 unspecified atom stereocenters. The van der Waals surface area contributed by atoms with Crippen LogP contribution < -0.4 is 0 Å². The summed E-state index contributed by atoms with van der Waals surface area (Å²) in [5.41, 5.74) is 0.962. The Bertz CT molecular complexity index is 410. The van der Waals surface area contributed by atoms with Gasteiger partial charge in [0.25, 0.3) is 0 Å². The van der Waals surface area contributed by atoms with E-state index in [1.54, 1.807) is 27.0 Å². The van der Waals surface area contributed by atoms with Crippen LogP contribution in [0.3, 0.4) is 0 Å². The van der Waals surface area contributed by atoms with Crippen LogP contribution in [-0.2, 0) is 13.6 Å². The zero-order valence-electron chi connectivity index (χ0n) is 11.1. The van der Waals surface area contributed by atoms with Crippen molar-refractivity contribution in [2.24, 2.45) is 4.99 Å². The van der Waals surface area contributed by atoms with Crippen molar-refractivity contribution in [2.75, 3.05) is 13.2 Å². The monoisotopic (exact) mass is 269 g/mol. The van der Waals surface area contributed by atoms with Crippen molar-refractivity contribution < 1.29 is 13.6 Å². The van der Waals surface area contributed by atoms with E-state index in [0.717, 1.165) is 5.56 Å². The van der Waals surface area contributed by atoms with Gasteiger partial charge in [-0.2, -0.15) is 0 Å². The van der Waals surface area contributed by atoms with E-state index in [2.05, 4.69) is 4.99 Å². The molecule has 0 aliphatic rings. The van der Waals surface area contributed by atoms with Gasteiger partial charge in [0, 0.05) is 6.21 Å². The molecule has 0 saturated carbocycles. The van der Waals surface area contributed by atoms with Gasteiger partial charge in [-0.1, -0.05) is 30.3 Å². The summed E-state index contributed by atoms with van der Waals surface area (Å²) < 4.78 is 22.9. The molecule has 1 aromatic rings. The summed E-state index contributed by atoms with van der Waals surface area (Å²) in [5, 5.41) is 0. The Kier molecular flexibility index (Phi) is 6.27. The van der Waals surface area contributed by atoms with Gasteiger partial charge >= 0.3 is 7.60 Å². The first kappa shape index (κ1) is 15.1. The molecule has 1 atom stereocenters. The third-order valence-electron chi connectivity index (χ3n) is 2.31. The van der Waals surface area contributed by atoms with Crippen LogP contribution in [0.25, 0.3) is 0 Å². The highest BCUT2D eigenvalue weighted by molar-refractivity contribution is 7.54. The molecule has 1 rings (SSSR count). The fourth-order valence-electron chi connectivity index (χ4n) is 1.43. The summed E-state index contributed by atoms with van der Waals surface area (Å²) in [6.07, 6.45) is 1.69. The van der Waals surface area contributed by atoms with E-state index < -0.39 is 13.4 Å². The van der Waals surface area contributed by atoms with Gasteiger partial charge in [-0.15, -0.1) is 0 Å². The summed E-state index contributed by atoms with van der Waals surface area (Å²) in [6, 6.07) is 9.66. The van der Waals surface area contributed by atoms with Gasteiger partial charge in [0.2, 0.25) is 0 Å². The van der Waals surface area contributed by atoms with Crippen molar-refractivity contribution in [1.29, 1.82) is 0 Å². The quantitative estimate of drug-likeness (QED) is 0.560. The highest BCUT2D eigenvalue weighted by Crippen LogP contribution is 2.53. The van der Waals surface area contributed by atoms with E-state index >= 15 is 0 Å². The lowest BCUT2D eigenvalue weighted by Crippen LogP contribution is -2.08. The number of benzene rings is 1. The lowest BCUT2D eigenvalue weighted by Gasteiger charge is -2.20. The smallest absolute Gasteiger partial charge is 0.307 e. The van der Waals surface area contributed by atoms with E-state index in [0.29, 0.717) is 13.2 Å². The molecule has 0 N–H and O–H groups in total. The fourth-order valence-corrected chi connectivity index (χ4v) is 2.88. The Morgan fingerprint density at radius 1 is 1.22 bits per heavy atom. The summed E-state index contributed by atoms with van der Waals surface area (Å²) in [7, 11) is -3.15. The fraction of sp³-hybridized carbons (Fsp3) is 0.462. The second kappa shape index (κ2) is 7.47. The molecule has 4 nitrogen and oxygen atoms in total. The second-order valence-corrected chi connectivity index (χ2v) is 6.04. The van der Waals surface area contributed by atoms with Crippen molar-refractivity contribution in [1.82, 2.24) is 0 Å². The van der Waals surface area contributed by atoms with Crippen LogP contribution in [0.15, 0.2) is 35.3 Å². The Hall–Kier alpha value is -0.960. The van der Waals surface area contributed by atoms with Crippen LogP contribution in [0.5, 0.6) is 0 Å².